The summed E-state index contributed by atoms with van der Waals surface area (Å²) in [5.74, 6) is -3.34. The molecule has 3 aliphatic rings. The first-order chi connectivity index (χ1) is 16.9. The van der Waals surface area contributed by atoms with Gasteiger partial charge in [-0.05, 0) is 28.8 Å². The fourth-order valence-electron chi connectivity index (χ4n) is 5.64. The zero-order valence-corrected chi connectivity index (χ0v) is 21.3. The fraction of sp³-hybridized carbons (Fsp3) is 0.429. The minimum absolute atomic E-state index is 0.146. The van der Waals surface area contributed by atoms with Gasteiger partial charge in [0.2, 0.25) is 5.41 Å². The molecule has 3 heterocycles. The van der Waals surface area contributed by atoms with E-state index in [1.807, 2.05) is 45.0 Å². The lowest BCUT2D eigenvalue weighted by atomic mass is 9.64. The van der Waals surface area contributed by atoms with Crippen molar-refractivity contribution in [1.82, 2.24) is 5.01 Å². The summed E-state index contributed by atoms with van der Waals surface area (Å²) in [5, 5.41) is 6.28. The lowest BCUT2D eigenvalue weighted by Gasteiger charge is -2.44. The highest BCUT2D eigenvalue weighted by atomic mass is 16.7. The van der Waals surface area contributed by atoms with Crippen LogP contribution in [0.25, 0.3) is 0 Å². The maximum absolute atomic E-state index is 14.1. The molecule has 0 N–H and O–H groups in total. The van der Waals surface area contributed by atoms with E-state index in [1.54, 1.807) is 42.6 Å². The Balaban J connectivity index is 1.83. The Hall–Kier alpha value is -3.68. The zero-order chi connectivity index (χ0) is 26.0. The van der Waals surface area contributed by atoms with Gasteiger partial charge in [-0.2, -0.15) is 5.10 Å². The Morgan fingerprint density at radius 3 is 2.19 bits per heavy atom. The smallest absolute Gasteiger partial charge is 0.330 e. The normalized spacial score (nSPS) is 25.6. The van der Waals surface area contributed by atoms with Gasteiger partial charge in [-0.1, -0.05) is 57.2 Å². The van der Waals surface area contributed by atoms with Gasteiger partial charge in [-0.25, -0.2) is 0 Å². The summed E-state index contributed by atoms with van der Waals surface area (Å²) in [6.07, 6.45) is 1.67. The van der Waals surface area contributed by atoms with Crippen LogP contribution in [0, 0.1) is 10.8 Å². The number of carbonyl (C=O) groups excluding carboxylic acids is 3. The quantitative estimate of drug-likeness (QED) is 0.474. The zero-order valence-electron chi connectivity index (χ0n) is 21.3. The van der Waals surface area contributed by atoms with Crippen molar-refractivity contribution in [2.24, 2.45) is 15.9 Å². The first kappa shape index (κ1) is 24.0. The van der Waals surface area contributed by atoms with Gasteiger partial charge in [0.1, 0.15) is 17.8 Å². The number of hydrazone groups is 1. The molecule has 0 aromatic heterocycles. The molecule has 1 unspecified atom stereocenters. The van der Waals surface area contributed by atoms with Crippen LogP contribution in [0.2, 0.25) is 0 Å². The van der Waals surface area contributed by atoms with Crippen molar-refractivity contribution in [3.63, 3.8) is 0 Å². The van der Waals surface area contributed by atoms with Crippen LogP contribution in [0.4, 0.5) is 0 Å². The van der Waals surface area contributed by atoms with Crippen LogP contribution in [0.5, 0.6) is 5.75 Å². The number of methoxy groups -OCH3 is 1. The molecule has 0 aliphatic carbocycles. The summed E-state index contributed by atoms with van der Waals surface area (Å²) in [6, 6.07) is 12.7. The number of ketones is 1. The van der Waals surface area contributed by atoms with Crippen LogP contribution in [0.15, 0.2) is 53.6 Å². The van der Waals surface area contributed by atoms with E-state index in [-0.39, 0.29) is 5.78 Å². The summed E-state index contributed by atoms with van der Waals surface area (Å²) in [5.41, 5.74) is -0.540. The number of fused-ring (bicyclic) bond motifs is 4. The molecule has 2 saturated heterocycles. The molecule has 2 aromatic carbocycles. The van der Waals surface area contributed by atoms with Crippen molar-refractivity contribution in [1.29, 1.82) is 0 Å². The third kappa shape index (κ3) is 3.34. The van der Waals surface area contributed by atoms with E-state index < -0.39 is 46.6 Å². The van der Waals surface area contributed by atoms with E-state index in [4.69, 9.17) is 14.2 Å². The highest BCUT2D eigenvalue weighted by Crippen LogP contribution is 2.63. The third-order valence-corrected chi connectivity index (χ3v) is 7.24. The van der Waals surface area contributed by atoms with Crippen molar-refractivity contribution >= 4 is 23.9 Å². The van der Waals surface area contributed by atoms with Gasteiger partial charge < -0.3 is 14.2 Å². The summed E-state index contributed by atoms with van der Waals surface area (Å²) in [7, 11) is 1.56. The minimum atomic E-state index is -1.86. The van der Waals surface area contributed by atoms with E-state index in [1.165, 1.54) is 13.8 Å². The van der Waals surface area contributed by atoms with Gasteiger partial charge in [0.25, 0.3) is 5.79 Å². The molecule has 2 fully saturated rings. The highest BCUT2D eigenvalue weighted by molar-refractivity contribution is 6.07. The average molecular weight is 491 g/mol. The highest BCUT2D eigenvalue weighted by Gasteiger charge is 2.75. The van der Waals surface area contributed by atoms with E-state index in [9.17, 15) is 14.4 Å². The predicted octanol–water partition coefficient (Wildman–Crippen LogP) is 3.99. The maximum Gasteiger partial charge on any atom is 0.330 e. The fourth-order valence-corrected chi connectivity index (χ4v) is 5.64. The summed E-state index contributed by atoms with van der Waals surface area (Å²) in [6.45, 7) is 8.51. The van der Waals surface area contributed by atoms with Crippen molar-refractivity contribution < 1.29 is 28.6 Å². The minimum Gasteiger partial charge on any atom is -0.497 e. The standard InChI is InChI=1S/C28H30N2O6/c1-26(2,3)23(31)21-20(16-11-13-18(34-6)14-12-16)28(24(32)35-27(4,5)36-25(28)33)22-19-10-8-7-9-17(19)15-29-30(21)22/h7-15,20-22H,1-6H3/t20-,21+,22?/m1/s1. The number of hydrogen-bond acceptors (Lipinski definition) is 8. The Morgan fingerprint density at radius 1 is 1.00 bits per heavy atom. The lowest BCUT2D eigenvalue weighted by Crippen LogP contribution is -2.58. The van der Waals surface area contributed by atoms with Crippen LogP contribution in [0.1, 0.15) is 63.3 Å². The van der Waals surface area contributed by atoms with Gasteiger partial charge >= 0.3 is 11.9 Å². The SMILES string of the molecule is COc1ccc([C@@H]2[C@@H](C(=O)C(C)(C)C)N3N=Cc4ccccc4C3C23C(=O)OC(C)(C)OC3=O)cc1. The van der Waals surface area contributed by atoms with Crippen LogP contribution in [-0.2, 0) is 23.9 Å². The molecule has 0 radical (unpaired) electrons. The van der Waals surface area contributed by atoms with Crippen LogP contribution in [-0.4, -0.2) is 47.9 Å². The number of carbonyl (C=O) groups is 3. The molecule has 3 aliphatic heterocycles. The van der Waals surface area contributed by atoms with Gasteiger partial charge in [0, 0.05) is 25.2 Å². The van der Waals surface area contributed by atoms with E-state index in [2.05, 4.69) is 5.10 Å². The van der Waals surface area contributed by atoms with Crippen molar-refractivity contribution in [3.05, 3.63) is 65.2 Å². The summed E-state index contributed by atoms with van der Waals surface area (Å²) >= 11 is 0. The number of cyclic esters (lactones) is 2. The van der Waals surface area contributed by atoms with Crippen LogP contribution < -0.4 is 4.74 Å². The Bertz CT molecular complexity index is 1250. The van der Waals surface area contributed by atoms with Gasteiger partial charge in [-0.15, -0.1) is 0 Å². The van der Waals surface area contributed by atoms with E-state index in [0.29, 0.717) is 16.9 Å². The molecule has 8 nitrogen and oxygen atoms in total. The van der Waals surface area contributed by atoms with E-state index >= 15 is 0 Å². The largest absolute Gasteiger partial charge is 0.497 e. The Labute approximate surface area is 210 Å². The topological polar surface area (TPSA) is 94.5 Å². The summed E-state index contributed by atoms with van der Waals surface area (Å²) < 4.78 is 16.8. The Morgan fingerprint density at radius 2 is 1.61 bits per heavy atom. The monoisotopic (exact) mass is 490 g/mol. The molecule has 0 bridgehead atoms. The van der Waals surface area contributed by atoms with Crippen LogP contribution in [0.3, 0.4) is 0 Å². The second-order valence-corrected chi connectivity index (χ2v) is 11.0. The van der Waals surface area contributed by atoms with Crippen molar-refractivity contribution in [2.45, 2.75) is 58.4 Å². The van der Waals surface area contributed by atoms with Crippen molar-refractivity contribution in [2.75, 3.05) is 7.11 Å². The van der Waals surface area contributed by atoms with Gasteiger partial charge in [0.05, 0.1) is 13.3 Å². The number of rotatable bonds is 3. The molecular weight excluding hydrogens is 460 g/mol. The maximum atomic E-state index is 14.1. The summed E-state index contributed by atoms with van der Waals surface area (Å²) in [4.78, 5) is 42.3. The van der Waals surface area contributed by atoms with Gasteiger partial charge in [0.15, 0.2) is 5.78 Å². The van der Waals surface area contributed by atoms with Crippen molar-refractivity contribution in [3.8, 4) is 5.75 Å². The molecule has 0 amide bonds. The number of benzene rings is 2. The average Bonchev–Trinajstić information content (AvgIpc) is 3.13. The lowest BCUT2D eigenvalue weighted by molar-refractivity contribution is -0.254. The molecule has 3 atom stereocenters. The first-order valence-corrected chi connectivity index (χ1v) is 12.0. The Kier molecular flexibility index (Phi) is 5.28. The molecule has 36 heavy (non-hydrogen) atoms. The molecule has 8 heteroatoms. The van der Waals surface area contributed by atoms with Gasteiger partial charge in [-0.3, -0.25) is 19.4 Å². The predicted molar refractivity (Wildman–Crippen MR) is 131 cm³/mol. The number of esters is 2. The first-order valence-electron chi connectivity index (χ1n) is 12.0. The molecule has 188 valence electrons. The van der Waals surface area contributed by atoms with E-state index in [0.717, 1.165) is 5.56 Å². The number of nitrogens with zero attached hydrogens (tertiary/aromatic N) is 2. The number of ether oxygens (including phenoxy) is 3. The molecule has 5 rings (SSSR count). The third-order valence-electron chi connectivity index (χ3n) is 7.24. The number of hydrogen-bond donors (Lipinski definition) is 0. The number of Topliss-reactive ketones (excluding diaryl/α,β-unsaturated/α-hetero) is 1. The molecule has 0 saturated carbocycles. The second-order valence-electron chi connectivity index (χ2n) is 11.0. The van der Waals surface area contributed by atoms with Crippen LogP contribution >= 0.6 is 0 Å². The molecular formula is C28H30N2O6. The second kappa shape index (κ2) is 7.91. The molecule has 1 spiro atoms. The molecule has 2 aromatic rings.